The summed E-state index contributed by atoms with van der Waals surface area (Å²) in [5.74, 6) is 0.254. The van der Waals surface area contributed by atoms with Gasteiger partial charge in [-0.15, -0.1) is 0 Å². The lowest BCUT2D eigenvalue weighted by Gasteiger charge is -2.35. The van der Waals surface area contributed by atoms with Crippen LogP contribution in [0.3, 0.4) is 0 Å². The third-order valence-electron chi connectivity index (χ3n) is 8.39. The number of benzene rings is 4. The van der Waals surface area contributed by atoms with Gasteiger partial charge in [-0.1, -0.05) is 91.0 Å². The summed E-state index contributed by atoms with van der Waals surface area (Å²) in [6, 6.07) is 36.9. The van der Waals surface area contributed by atoms with Gasteiger partial charge in [0.25, 0.3) is 0 Å². The van der Waals surface area contributed by atoms with E-state index in [4.69, 9.17) is 10.7 Å². The lowest BCUT2D eigenvalue weighted by molar-refractivity contribution is 0.0697. The minimum Gasteiger partial charge on any atom is -0.478 e. The molecule has 41 heavy (non-hydrogen) atoms. The van der Waals surface area contributed by atoms with Crippen LogP contribution < -0.4 is 10.6 Å². The van der Waals surface area contributed by atoms with Crippen LogP contribution in [-0.2, 0) is 5.41 Å². The molecule has 1 aliphatic heterocycles. The molecule has 5 aromatic rings. The van der Waals surface area contributed by atoms with Gasteiger partial charge in [0, 0.05) is 24.7 Å². The maximum absolute atomic E-state index is 11.3. The van der Waals surface area contributed by atoms with Crippen LogP contribution in [0.25, 0.3) is 0 Å². The van der Waals surface area contributed by atoms with Gasteiger partial charge in [-0.05, 0) is 54.7 Å². The molecule has 0 radical (unpaired) electrons. The summed E-state index contributed by atoms with van der Waals surface area (Å²) in [6.45, 7) is 3.78. The van der Waals surface area contributed by atoms with Gasteiger partial charge in [0.1, 0.15) is 11.2 Å². The lowest BCUT2D eigenvalue weighted by Crippen LogP contribution is -2.34. The third kappa shape index (κ3) is 4.76. The number of piperidine rings is 1. The second kappa shape index (κ2) is 11.0. The van der Waals surface area contributed by atoms with Crippen molar-refractivity contribution in [2.45, 2.75) is 31.1 Å². The average Bonchev–Trinajstić information content (AvgIpc) is 3.40. The monoisotopic (exact) mass is 542 g/mol. The molecule has 1 fully saturated rings. The van der Waals surface area contributed by atoms with Gasteiger partial charge >= 0.3 is 5.97 Å². The fourth-order valence-corrected chi connectivity index (χ4v) is 6.39. The number of nitrogen functional groups attached to an aromatic ring is 1. The largest absolute Gasteiger partial charge is 0.478 e. The van der Waals surface area contributed by atoms with Gasteiger partial charge in [-0.25, -0.2) is 9.78 Å². The third-order valence-corrected chi connectivity index (χ3v) is 8.39. The van der Waals surface area contributed by atoms with Crippen molar-refractivity contribution in [2.75, 3.05) is 23.7 Å². The predicted octanol–water partition coefficient (Wildman–Crippen LogP) is 6.77. The Morgan fingerprint density at radius 2 is 1.37 bits per heavy atom. The summed E-state index contributed by atoms with van der Waals surface area (Å²) in [4.78, 5) is 22.8. The Balaban J connectivity index is 1.37. The molecule has 0 unspecified atom stereocenters. The number of hydrogen-bond donors (Lipinski definition) is 3. The molecule has 0 saturated carbocycles. The van der Waals surface area contributed by atoms with E-state index in [0.717, 1.165) is 65.5 Å². The zero-order chi connectivity index (χ0) is 28.4. The number of carboxylic acid groups (broad SMARTS) is 1. The van der Waals surface area contributed by atoms with Crippen LogP contribution in [0.5, 0.6) is 0 Å². The molecule has 4 N–H and O–H groups in total. The number of H-pyrrole nitrogens is 1. The van der Waals surface area contributed by atoms with E-state index in [-0.39, 0.29) is 5.56 Å². The lowest BCUT2D eigenvalue weighted by atomic mass is 9.69. The Hall–Kier alpha value is -4.84. The number of carboxylic acids is 1. The minimum absolute atomic E-state index is 0.208. The highest BCUT2D eigenvalue weighted by Crippen LogP contribution is 2.45. The Labute approximate surface area is 240 Å². The summed E-state index contributed by atoms with van der Waals surface area (Å²) in [6.07, 6.45) is 1.86. The number of anilines is 2. The topological polar surface area (TPSA) is 95.2 Å². The molecule has 0 spiro atoms. The maximum atomic E-state index is 11.3. The minimum atomic E-state index is -0.968. The first kappa shape index (κ1) is 26.4. The fraction of sp³-hybridized carbons (Fsp3) is 0.200. The number of carbonyl (C=O) groups is 1. The number of aromatic nitrogens is 2. The Kier molecular flexibility index (Phi) is 7.06. The van der Waals surface area contributed by atoms with Gasteiger partial charge < -0.3 is 20.7 Å². The molecule has 206 valence electrons. The van der Waals surface area contributed by atoms with Gasteiger partial charge in [-0.2, -0.15) is 0 Å². The smallest absolute Gasteiger partial charge is 0.335 e. The van der Waals surface area contributed by atoms with E-state index < -0.39 is 11.4 Å². The molecule has 1 aromatic heterocycles. The Morgan fingerprint density at radius 3 is 1.83 bits per heavy atom. The molecule has 0 aliphatic carbocycles. The Morgan fingerprint density at radius 1 is 0.854 bits per heavy atom. The summed E-state index contributed by atoms with van der Waals surface area (Å²) in [5, 5.41) is 9.30. The van der Waals surface area contributed by atoms with E-state index in [1.165, 1.54) is 0 Å². The second-order valence-electron chi connectivity index (χ2n) is 10.8. The number of nitrogens with zero attached hydrogens (tertiary/aromatic N) is 2. The van der Waals surface area contributed by atoms with Crippen LogP contribution in [-0.4, -0.2) is 34.1 Å². The average molecular weight is 543 g/mol. The van der Waals surface area contributed by atoms with Crippen LogP contribution >= 0.6 is 0 Å². The zero-order valence-corrected chi connectivity index (χ0v) is 23.1. The van der Waals surface area contributed by atoms with Crippen molar-refractivity contribution in [1.29, 1.82) is 0 Å². The summed E-state index contributed by atoms with van der Waals surface area (Å²) < 4.78 is 0. The summed E-state index contributed by atoms with van der Waals surface area (Å²) >= 11 is 0. The van der Waals surface area contributed by atoms with Gasteiger partial charge in [0.15, 0.2) is 0 Å². The number of nitrogens with two attached hydrogens (primary N) is 1. The van der Waals surface area contributed by atoms with Crippen molar-refractivity contribution in [1.82, 2.24) is 9.97 Å². The van der Waals surface area contributed by atoms with E-state index in [0.29, 0.717) is 11.6 Å². The number of nitrogens with one attached hydrogen (secondary N) is 1. The highest BCUT2D eigenvalue weighted by atomic mass is 16.4. The molecular weight excluding hydrogens is 508 g/mol. The summed E-state index contributed by atoms with van der Waals surface area (Å²) in [7, 11) is 0. The van der Waals surface area contributed by atoms with Crippen LogP contribution in [0.1, 0.15) is 63.0 Å². The molecular formula is C35H34N4O2. The van der Waals surface area contributed by atoms with Crippen molar-refractivity contribution < 1.29 is 9.90 Å². The number of imidazole rings is 1. The van der Waals surface area contributed by atoms with E-state index >= 15 is 0 Å². The number of aromatic carboxylic acids is 1. The molecule has 1 aliphatic rings. The van der Waals surface area contributed by atoms with Gasteiger partial charge in [0.05, 0.1) is 22.6 Å². The molecule has 0 atom stereocenters. The highest BCUT2D eigenvalue weighted by Gasteiger charge is 2.42. The fourth-order valence-electron chi connectivity index (χ4n) is 6.39. The SMILES string of the molecule is Cc1[nH]c(C(c2ccccc2)(c2ccccc2)c2ccccc2)nc1C1CCN(c2ccc(C(=O)O)cc2N)CC1. The predicted molar refractivity (Wildman–Crippen MR) is 164 cm³/mol. The van der Waals surface area contributed by atoms with Crippen molar-refractivity contribution in [3.63, 3.8) is 0 Å². The molecule has 6 heteroatoms. The first-order valence-electron chi connectivity index (χ1n) is 14.1. The molecule has 6 nitrogen and oxygen atoms in total. The van der Waals surface area contributed by atoms with Gasteiger partial charge in [-0.3, -0.25) is 0 Å². The van der Waals surface area contributed by atoms with Crippen molar-refractivity contribution in [3.05, 3.63) is 149 Å². The Bertz CT molecular complexity index is 1540. The second-order valence-corrected chi connectivity index (χ2v) is 10.8. The van der Waals surface area contributed by atoms with E-state index in [1.54, 1.807) is 12.1 Å². The molecule has 0 bridgehead atoms. The first-order valence-corrected chi connectivity index (χ1v) is 14.1. The number of rotatable bonds is 7. The zero-order valence-electron chi connectivity index (χ0n) is 23.1. The number of aromatic amines is 1. The number of hydrogen-bond acceptors (Lipinski definition) is 4. The normalized spacial score (nSPS) is 14.2. The van der Waals surface area contributed by atoms with E-state index in [2.05, 4.69) is 108 Å². The van der Waals surface area contributed by atoms with Crippen molar-refractivity contribution in [2.24, 2.45) is 0 Å². The van der Waals surface area contributed by atoms with Crippen molar-refractivity contribution >= 4 is 17.3 Å². The molecule has 1 saturated heterocycles. The first-order chi connectivity index (χ1) is 20.0. The highest BCUT2D eigenvalue weighted by molar-refractivity contribution is 5.90. The summed E-state index contributed by atoms with van der Waals surface area (Å²) in [5.41, 5.74) is 12.9. The van der Waals surface area contributed by atoms with Crippen LogP contribution in [0.4, 0.5) is 11.4 Å². The molecule has 4 aromatic carbocycles. The molecule has 6 rings (SSSR count). The van der Waals surface area contributed by atoms with Crippen LogP contribution in [0.15, 0.2) is 109 Å². The molecule has 2 heterocycles. The van der Waals surface area contributed by atoms with Gasteiger partial charge in [0.2, 0.25) is 0 Å². The van der Waals surface area contributed by atoms with Crippen molar-refractivity contribution in [3.8, 4) is 0 Å². The maximum Gasteiger partial charge on any atom is 0.335 e. The van der Waals surface area contributed by atoms with E-state index in [9.17, 15) is 9.90 Å². The standard InChI is InChI=1S/C35H34N4O2/c1-24-32(25-19-21-39(22-20-25)31-18-17-26(33(40)41)23-30(31)36)38-34(37-24)35(27-11-5-2-6-12-27,28-13-7-3-8-14-28)29-15-9-4-10-16-29/h2-18,23,25H,19-22,36H2,1H3,(H,37,38)(H,40,41). The van der Waals surface area contributed by atoms with E-state index in [1.807, 2.05) is 6.07 Å². The quantitative estimate of drug-likeness (QED) is 0.156. The number of aryl methyl sites for hydroxylation is 1. The van der Waals surface area contributed by atoms with Crippen LogP contribution in [0.2, 0.25) is 0 Å². The molecule has 0 amide bonds. The van der Waals surface area contributed by atoms with Crippen LogP contribution in [0, 0.1) is 6.92 Å².